The predicted octanol–water partition coefficient (Wildman–Crippen LogP) is 3.26. The first-order valence-corrected chi connectivity index (χ1v) is 12.5. The molecule has 1 saturated heterocycles. The molecule has 34 heavy (non-hydrogen) atoms. The molecule has 0 bridgehead atoms. The van der Waals surface area contributed by atoms with E-state index >= 15 is 0 Å². The number of aryl methyl sites for hydroxylation is 2. The van der Waals surface area contributed by atoms with Crippen molar-refractivity contribution in [3.8, 4) is 6.07 Å². The molecule has 176 valence electrons. The van der Waals surface area contributed by atoms with E-state index in [4.69, 9.17) is 9.72 Å². The fourth-order valence-electron chi connectivity index (χ4n) is 4.16. The van der Waals surface area contributed by atoms with Gasteiger partial charge in [0.25, 0.3) is 5.56 Å². The van der Waals surface area contributed by atoms with Crippen LogP contribution in [0.3, 0.4) is 0 Å². The van der Waals surface area contributed by atoms with Crippen LogP contribution < -0.4 is 10.5 Å². The molecule has 0 aliphatic carbocycles. The van der Waals surface area contributed by atoms with Gasteiger partial charge < -0.3 is 9.64 Å². The van der Waals surface area contributed by atoms with Gasteiger partial charge in [-0.2, -0.15) is 5.26 Å². The quantitative estimate of drug-likeness (QED) is 0.530. The van der Waals surface area contributed by atoms with Gasteiger partial charge in [0.15, 0.2) is 0 Å². The molecule has 0 spiro atoms. The molecular weight excluding hydrogens is 452 g/mol. The third-order valence-corrected chi connectivity index (χ3v) is 7.47. The third-order valence-electron chi connectivity index (χ3n) is 5.79. The molecule has 0 saturated carbocycles. The highest BCUT2D eigenvalue weighted by atomic mass is 32.2. The molecule has 3 aromatic rings. The van der Waals surface area contributed by atoms with Crippen LogP contribution in [0.1, 0.15) is 30.5 Å². The molecule has 0 unspecified atom stereocenters. The van der Waals surface area contributed by atoms with Crippen LogP contribution >= 0.6 is 0 Å². The molecule has 2 aromatic heterocycles. The minimum atomic E-state index is -4.13. The molecule has 0 radical (unpaired) electrons. The topological polar surface area (TPSA) is 105 Å². The summed E-state index contributed by atoms with van der Waals surface area (Å²) in [6.45, 7) is 8.52. The number of anilines is 1. The summed E-state index contributed by atoms with van der Waals surface area (Å²) in [5.74, 6) is 0.341. The first-order chi connectivity index (χ1) is 16.1. The minimum Gasteiger partial charge on any atom is -0.372 e. The van der Waals surface area contributed by atoms with Crippen LogP contribution in [0.25, 0.3) is 11.7 Å². The molecule has 1 aliphatic rings. The van der Waals surface area contributed by atoms with Gasteiger partial charge >= 0.3 is 0 Å². The molecule has 1 fully saturated rings. The molecular formula is C25H26N4O4S. The van der Waals surface area contributed by atoms with E-state index in [2.05, 4.69) is 0 Å². The van der Waals surface area contributed by atoms with Gasteiger partial charge in [-0.3, -0.25) is 9.20 Å². The second kappa shape index (κ2) is 9.05. The van der Waals surface area contributed by atoms with Crippen LogP contribution in [0, 0.1) is 25.2 Å². The van der Waals surface area contributed by atoms with Crippen LogP contribution in [-0.4, -0.2) is 43.1 Å². The lowest BCUT2D eigenvalue weighted by atomic mass is 10.1. The third kappa shape index (κ3) is 4.34. The summed E-state index contributed by atoms with van der Waals surface area (Å²) >= 11 is 0. The largest absolute Gasteiger partial charge is 0.372 e. The van der Waals surface area contributed by atoms with Crippen LogP contribution in [0.2, 0.25) is 0 Å². The van der Waals surface area contributed by atoms with E-state index in [-0.39, 0.29) is 22.7 Å². The zero-order valence-electron chi connectivity index (χ0n) is 19.5. The van der Waals surface area contributed by atoms with Gasteiger partial charge in [0.2, 0.25) is 9.84 Å². The summed E-state index contributed by atoms with van der Waals surface area (Å²) < 4.78 is 33.7. The Morgan fingerprint density at radius 2 is 1.79 bits per heavy atom. The standard InChI is InChI=1S/C25H26N4O4S/c1-16-7-9-20(10-8-16)34(31,32)21(13-26)12-22-24(28-14-18(3)33-19(4)15-28)27-23-17(2)6-5-11-29(23)25(22)30/h5-12,18-19H,14-15H2,1-4H3/b21-12+/t18-,19-/m0/s1. The number of hydrogen-bond donors (Lipinski definition) is 0. The molecule has 1 aromatic carbocycles. The van der Waals surface area contributed by atoms with Gasteiger partial charge in [-0.1, -0.05) is 23.8 Å². The summed E-state index contributed by atoms with van der Waals surface area (Å²) in [5, 5.41) is 9.81. The van der Waals surface area contributed by atoms with Crippen molar-refractivity contribution in [1.82, 2.24) is 9.38 Å². The number of nitrogens with zero attached hydrogens (tertiary/aromatic N) is 4. The van der Waals surface area contributed by atoms with Crippen LogP contribution in [-0.2, 0) is 14.6 Å². The monoisotopic (exact) mass is 478 g/mol. The Labute approximate surface area is 198 Å². The molecule has 0 amide bonds. The number of fused-ring (bicyclic) bond motifs is 1. The molecule has 9 heteroatoms. The highest BCUT2D eigenvalue weighted by molar-refractivity contribution is 7.95. The molecule has 2 atom stereocenters. The number of morpholine rings is 1. The summed E-state index contributed by atoms with van der Waals surface area (Å²) in [6.07, 6.45) is 2.53. The number of aromatic nitrogens is 2. The summed E-state index contributed by atoms with van der Waals surface area (Å²) in [7, 11) is -4.13. The Morgan fingerprint density at radius 3 is 2.41 bits per heavy atom. The normalized spacial score (nSPS) is 19.3. The number of rotatable bonds is 4. The Hall–Kier alpha value is -3.48. The van der Waals surface area contributed by atoms with Crippen LogP contribution in [0.15, 0.2) is 57.2 Å². The maximum absolute atomic E-state index is 13.6. The van der Waals surface area contributed by atoms with E-state index in [0.29, 0.717) is 24.6 Å². The lowest BCUT2D eigenvalue weighted by Gasteiger charge is -2.36. The molecule has 1 aliphatic heterocycles. The second-order valence-corrected chi connectivity index (χ2v) is 10.6. The number of pyridine rings is 1. The van der Waals surface area contributed by atoms with E-state index < -0.39 is 20.3 Å². The van der Waals surface area contributed by atoms with Gasteiger partial charge in [0.05, 0.1) is 22.7 Å². The average molecular weight is 479 g/mol. The van der Waals surface area contributed by atoms with Gasteiger partial charge in [0.1, 0.15) is 22.4 Å². The van der Waals surface area contributed by atoms with Crippen LogP contribution in [0.4, 0.5) is 5.82 Å². The van der Waals surface area contributed by atoms with Crippen molar-refractivity contribution in [3.63, 3.8) is 0 Å². The SMILES string of the molecule is Cc1ccc(S(=O)(=O)/C(C#N)=C/c2c(N3C[C@H](C)O[C@@H](C)C3)nc3c(C)cccn3c2=O)cc1. The lowest BCUT2D eigenvalue weighted by Crippen LogP contribution is -2.46. The Morgan fingerprint density at radius 1 is 1.15 bits per heavy atom. The van der Waals surface area contributed by atoms with Crippen molar-refractivity contribution < 1.29 is 13.2 Å². The highest BCUT2D eigenvalue weighted by Gasteiger charge is 2.28. The van der Waals surface area contributed by atoms with Gasteiger partial charge in [0, 0.05) is 19.3 Å². The van der Waals surface area contributed by atoms with Crippen molar-refractivity contribution >= 4 is 27.4 Å². The van der Waals surface area contributed by atoms with Crippen LogP contribution in [0.5, 0.6) is 0 Å². The lowest BCUT2D eigenvalue weighted by molar-refractivity contribution is -0.00546. The number of hydrogen-bond acceptors (Lipinski definition) is 7. The maximum Gasteiger partial charge on any atom is 0.267 e. The molecule has 8 nitrogen and oxygen atoms in total. The highest BCUT2D eigenvalue weighted by Crippen LogP contribution is 2.27. The Kier molecular flexibility index (Phi) is 6.30. The van der Waals surface area contributed by atoms with Gasteiger partial charge in [-0.25, -0.2) is 13.4 Å². The van der Waals surface area contributed by atoms with E-state index in [9.17, 15) is 18.5 Å². The average Bonchev–Trinajstić information content (AvgIpc) is 2.78. The van der Waals surface area contributed by atoms with Gasteiger partial charge in [-0.05, 0) is 57.5 Å². The summed E-state index contributed by atoms with van der Waals surface area (Å²) in [4.78, 5) is 19.7. The number of sulfone groups is 1. The first-order valence-electron chi connectivity index (χ1n) is 11.0. The van der Waals surface area contributed by atoms with Crippen molar-refractivity contribution in [3.05, 3.63) is 74.5 Å². The van der Waals surface area contributed by atoms with E-state index in [1.807, 2.05) is 38.7 Å². The summed E-state index contributed by atoms with van der Waals surface area (Å²) in [6, 6.07) is 11.6. The summed E-state index contributed by atoms with van der Waals surface area (Å²) in [5.41, 5.74) is 1.79. The van der Waals surface area contributed by atoms with Gasteiger partial charge in [-0.15, -0.1) is 0 Å². The fourth-order valence-corrected chi connectivity index (χ4v) is 5.31. The number of benzene rings is 1. The molecule has 0 N–H and O–H groups in total. The Balaban J connectivity index is 1.97. The number of allylic oxidation sites excluding steroid dienone is 1. The maximum atomic E-state index is 13.6. The minimum absolute atomic E-state index is 0.00855. The zero-order valence-corrected chi connectivity index (χ0v) is 20.3. The Bertz CT molecular complexity index is 1470. The van der Waals surface area contributed by atoms with E-state index in [1.54, 1.807) is 30.5 Å². The molecule has 4 rings (SSSR count). The predicted molar refractivity (Wildman–Crippen MR) is 130 cm³/mol. The first kappa shape index (κ1) is 23.7. The number of ether oxygens (including phenoxy) is 1. The van der Waals surface area contributed by atoms with Crippen molar-refractivity contribution in [2.75, 3.05) is 18.0 Å². The van der Waals surface area contributed by atoms with Crippen molar-refractivity contribution in [1.29, 1.82) is 5.26 Å². The second-order valence-electron chi connectivity index (χ2n) is 8.64. The van der Waals surface area contributed by atoms with Crippen molar-refractivity contribution in [2.24, 2.45) is 0 Å². The van der Waals surface area contributed by atoms with Crippen molar-refractivity contribution in [2.45, 2.75) is 44.8 Å². The zero-order chi connectivity index (χ0) is 24.6. The molecule has 3 heterocycles. The van der Waals surface area contributed by atoms with E-state index in [1.165, 1.54) is 16.5 Å². The smallest absolute Gasteiger partial charge is 0.267 e. The van der Waals surface area contributed by atoms with E-state index in [0.717, 1.165) is 17.2 Å². The fraction of sp³-hybridized carbons (Fsp3) is 0.320. The number of nitriles is 1.